The highest BCUT2D eigenvalue weighted by Gasteiger charge is 2.34. The van der Waals surface area contributed by atoms with Gasteiger partial charge in [0.15, 0.2) is 0 Å². The summed E-state index contributed by atoms with van der Waals surface area (Å²) < 4.78 is 39.5. The molecule has 3 aromatic rings. The lowest BCUT2D eigenvalue weighted by atomic mass is 10.1. The van der Waals surface area contributed by atoms with E-state index in [0.717, 1.165) is 12.1 Å². The van der Waals surface area contributed by atoms with Crippen molar-refractivity contribution in [1.82, 2.24) is 9.88 Å². The van der Waals surface area contributed by atoms with Gasteiger partial charge in [-0.3, -0.25) is 9.59 Å². The van der Waals surface area contributed by atoms with Crippen molar-refractivity contribution >= 4 is 34.9 Å². The van der Waals surface area contributed by atoms with E-state index in [2.05, 4.69) is 10.3 Å². The van der Waals surface area contributed by atoms with E-state index in [1.165, 1.54) is 18.3 Å². The molecule has 2 amide bonds. The monoisotopic (exact) mass is 488 g/mol. The zero-order valence-electron chi connectivity index (χ0n) is 17.8. The Morgan fingerprint density at radius 3 is 2.21 bits per heavy atom. The van der Waals surface area contributed by atoms with Crippen LogP contribution in [-0.4, -0.2) is 47.9 Å². The second kappa shape index (κ2) is 9.72. The van der Waals surface area contributed by atoms with Crippen LogP contribution < -0.4 is 10.2 Å². The molecule has 0 radical (unpaired) electrons. The van der Waals surface area contributed by atoms with Crippen LogP contribution in [0.25, 0.3) is 0 Å². The number of amides is 2. The molecule has 4 rings (SSSR count). The summed E-state index contributed by atoms with van der Waals surface area (Å²) in [4.78, 5) is 33.1. The number of nitrogens with one attached hydrogen (secondary N) is 1. The highest BCUT2D eigenvalue weighted by atomic mass is 35.5. The average Bonchev–Trinajstić information content (AvgIpc) is 2.84. The van der Waals surface area contributed by atoms with Crippen LogP contribution >= 0.6 is 11.6 Å². The molecule has 0 spiro atoms. The Morgan fingerprint density at radius 1 is 0.912 bits per heavy atom. The molecule has 34 heavy (non-hydrogen) atoms. The van der Waals surface area contributed by atoms with Crippen LogP contribution in [0.4, 0.5) is 24.7 Å². The van der Waals surface area contributed by atoms with E-state index in [1.807, 2.05) is 4.90 Å². The van der Waals surface area contributed by atoms with E-state index < -0.39 is 23.2 Å². The molecule has 1 saturated heterocycles. The van der Waals surface area contributed by atoms with Crippen LogP contribution in [-0.2, 0) is 6.18 Å². The lowest BCUT2D eigenvalue weighted by Gasteiger charge is -2.35. The van der Waals surface area contributed by atoms with Gasteiger partial charge in [0.25, 0.3) is 11.8 Å². The molecule has 6 nitrogen and oxygen atoms in total. The van der Waals surface area contributed by atoms with Gasteiger partial charge in [-0.05, 0) is 48.5 Å². The molecule has 176 valence electrons. The van der Waals surface area contributed by atoms with E-state index in [4.69, 9.17) is 11.6 Å². The van der Waals surface area contributed by atoms with Crippen molar-refractivity contribution in [2.75, 3.05) is 36.4 Å². The quantitative estimate of drug-likeness (QED) is 0.563. The Bertz CT molecular complexity index is 1180. The van der Waals surface area contributed by atoms with Crippen molar-refractivity contribution in [2.45, 2.75) is 6.18 Å². The summed E-state index contributed by atoms with van der Waals surface area (Å²) in [7, 11) is 0. The van der Waals surface area contributed by atoms with E-state index in [1.54, 1.807) is 41.3 Å². The third-order valence-electron chi connectivity index (χ3n) is 5.46. The van der Waals surface area contributed by atoms with Crippen molar-refractivity contribution in [3.05, 3.63) is 88.6 Å². The van der Waals surface area contributed by atoms with Crippen LogP contribution in [0.15, 0.2) is 66.9 Å². The van der Waals surface area contributed by atoms with Gasteiger partial charge in [0, 0.05) is 36.8 Å². The van der Waals surface area contributed by atoms with Gasteiger partial charge in [0.1, 0.15) is 5.82 Å². The number of halogens is 4. The van der Waals surface area contributed by atoms with Gasteiger partial charge in [-0.25, -0.2) is 4.98 Å². The lowest BCUT2D eigenvalue weighted by molar-refractivity contribution is -0.137. The highest BCUT2D eigenvalue weighted by molar-refractivity contribution is 6.30. The maximum absolute atomic E-state index is 13.2. The normalized spacial score (nSPS) is 14.1. The first-order valence-electron chi connectivity index (χ1n) is 10.5. The number of carbonyl (C=O) groups excluding carboxylic acids is 2. The number of pyridine rings is 1. The number of nitrogens with zero attached hydrogens (tertiary/aromatic N) is 3. The number of carbonyl (C=O) groups is 2. The average molecular weight is 489 g/mol. The molecule has 0 unspecified atom stereocenters. The Balaban J connectivity index is 1.36. The molecule has 10 heteroatoms. The number of piperazine rings is 1. The topological polar surface area (TPSA) is 65.5 Å². The van der Waals surface area contributed by atoms with Crippen molar-refractivity contribution in [3.8, 4) is 0 Å². The molecule has 2 heterocycles. The van der Waals surface area contributed by atoms with Gasteiger partial charge in [0.05, 0.1) is 23.0 Å². The predicted octanol–water partition coefficient (Wildman–Crippen LogP) is 4.97. The van der Waals surface area contributed by atoms with Crippen molar-refractivity contribution < 1.29 is 22.8 Å². The molecule has 0 bridgehead atoms. The standard InChI is InChI=1S/C24H20ClF3N4O2/c25-17-7-5-16(6-8-17)23(34)32-13-11-31(12-14-32)21-10-9-18(15-29-21)30-22(33)19-3-1-2-4-20(19)24(26,27)28/h1-10,15H,11-14H2,(H,30,33). The molecule has 1 aliphatic heterocycles. The molecule has 0 atom stereocenters. The van der Waals surface area contributed by atoms with Gasteiger partial charge in [-0.2, -0.15) is 13.2 Å². The summed E-state index contributed by atoms with van der Waals surface area (Å²) in [5.41, 5.74) is -0.603. The minimum atomic E-state index is -4.63. The molecular weight excluding hydrogens is 469 g/mol. The Morgan fingerprint density at radius 2 is 1.59 bits per heavy atom. The smallest absolute Gasteiger partial charge is 0.353 e. The van der Waals surface area contributed by atoms with E-state index in [-0.39, 0.29) is 11.6 Å². The minimum absolute atomic E-state index is 0.0681. The first-order valence-corrected chi connectivity index (χ1v) is 10.8. The van der Waals surface area contributed by atoms with E-state index >= 15 is 0 Å². The maximum Gasteiger partial charge on any atom is 0.417 e. The minimum Gasteiger partial charge on any atom is -0.353 e. The number of hydrogen-bond donors (Lipinski definition) is 1. The second-order valence-corrected chi connectivity index (χ2v) is 8.13. The fraction of sp³-hybridized carbons (Fsp3) is 0.208. The molecular formula is C24H20ClF3N4O2. The van der Waals surface area contributed by atoms with E-state index in [9.17, 15) is 22.8 Å². The summed E-state index contributed by atoms with van der Waals surface area (Å²) in [6, 6.07) is 14.6. The largest absolute Gasteiger partial charge is 0.417 e. The molecule has 1 fully saturated rings. The Hall–Kier alpha value is -3.59. The van der Waals surface area contributed by atoms with Gasteiger partial charge in [0.2, 0.25) is 0 Å². The van der Waals surface area contributed by atoms with Gasteiger partial charge in [-0.1, -0.05) is 23.7 Å². The fourth-order valence-electron chi connectivity index (χ4n) is 3.69. The molecule has 1 N–H and O–H groups in total. The molecule has 1 aromatic heterocycles. The lowest BCUT2D eigenvalue weighted by Crippen LogP contribution is -2.49. The summed E-state index contributed by atoms with van der Waals surface area (Å²) in [6.45, 7) is 2.15. The van der Waals surface area contributed by atoms with Crippen LogP contribution in [0.2, 0.25) is 5.02 Å². The first kappa shape index (κ1) is 23.6. The van der Waals surface area contributed by atoms with Crippen molar-refractivity contribution in [3.63, 3.8) is 0 Å². The number of aromatic nitrogens is 1. The third-order valence-corrected chi connectivity index (χ3v) is 5.72. The third kappa shape index (κ3) is 5.31. The Labute approximate surface area is 199 Å². The zero-order valence-corrected chi connectivity index (χ0v) is 18.6. The van der Waals surface area contributed by atoms with Crippen LogP contribution in [0.5, 0.6) is 0 Å². The summed E-state index contributed by atoms with van der Waals surface area (Å²) in [6.07, 6.45) is -3.23. The first-order chi connectivity index (χ1) is 16.2. The van der Waals surface area contributed by atoms with Crippen LogP contribution in [0.1, 0.15) is 26.3 Å². The number of alkyl halides is 3. The number of benzene rings is 2. The summed E-state index contributed by atoms with van der Waals surface area (Å²) >= 11 is 5.88. The van der Waals surface area contributed by atoms with Crippen molar-refractivity contribution in [2.24, 2.45) is 0 Å². The summed E-state index contributed by atoms with van der Waals surface area (Å²) in [5.74, 6) is -0.287. The fourth-order valence-corrected chi connectivity index (χ4v) is 3.81. The number of anilines is 2. The second-order valence-electron chi connectivity index (χ2n) is 7.69. The highest BCUT2D eigenvalue weighted by Crippen LogP contribution is 2.32. The molecule has 1 aliphatic rings. The van der Waals surface area contributed by atoms with Gasteiger partial charge >= 0.3 is 6.18 Å². The number of hydrogen-bond acceptors (Lipinski definition) is 4. The maximum atomic E-state index is 13.2. The van der Waals surface area contributed by atoms with Gasteiger partial charge < -0.3 is 15.1 Å². The Kier molecular flexibility index (Phi) is 6.74. The number of rotatable bonds is 4. The van der Waals surface area contributed by atoms with Crippen LogP contribution in [0, 0.1) is 0 Å². The zero-order chi connectivity index (χ0) is 24.3. The SMILES string of the molecule is O=C(Nc1ccc(N2CCN(C(=O)c3ccc(Cl)cc3)CC2)nc1)c1ccccc1C(F)(F)F. The van der Waals surface area contributed by atoms with Crippen LogP contribution in [0.3, 0.4) is 0 Å². The van der Waals surface area contributed by atoms with Crippen molar-refractivity contribution in [1.29, 1.82) is 0 Å². The molecule has 0 saturated carbocycles. The molecule has 0 aliphatic carbocycles. The summed E-state index contributed by atoms with van der Waals surface area (Å²) in [5, 5.41) is 3.03. The molecule has 2 aromatic carbocycles. The predicted molar refractivity (Wildman–Crippen MR) is 123 cm³/mol. The van der Waals surface area contributed by atoms with Gasteiger partial charge in [-0.15, -0.1) is 0 Å². The van der Waals surface area contributed by atoms with E-state index in [0.29, 0.717) is 42.6 Å².